The molecule has 6 atom stereocenters. The molecule has 2 aromatic carbocycles. The Labute approximate surface area is 341 Å². The lowest BCUT2D eigenvalue weighted by atomic mass is 9.89. The quantitative estimate of drug-likeness (QED) is 0.0408. The van der Waals surface area contributed by atoms with Gasteiger partial charge < -0.3 is 58.6 Å². The number of nitrogens with zero attached hydrogens (tertiary/aromatic N) is 2. The highest BCUT2D eigenvalue weighted by Crippen LogP contribution is 2.38. The first-order valence-electron chi connectivity index (χ1n) is 19.9. The minimum Gasteiger partial charge on any atom is -0.508 e. The van der Waals surface area contributed by atoms with Crippen molar-refractivity contribution in [3.63, 3.8) is 0 Å². The number of aliphatic carboxylic acids is 1. The second-order valence-electron chi connectivity index (χ2n) is 14.9. The SMILES string of the molecule is C[C@H](NC(=O)[C@@H]1CCCN1C(=O)[C@H](CCCN=C(N)N)NC(=O)CNC(=O)[C@@H]1Cc2c([nH]c3ccccc23)[C@@H](c2ccccc2O)N1)C(=O)N[C@@H](CCCCN)C(=O)O. The fourth-order valence-electron chi connectivity index (χ4n) is 7.60. The van der Waals surface area contributed by atoms with Gasteiger partial charge in [0.1, 0.15) is 29.9 Å². The molecule has 19 nitrogen and oxygen atoms in total. The number of fused-ring (bicyclic) bond motifs is 3. The van der Waals surface area contributed by atoms with E-state index in [9.17, 15) is 39.0 Å². The molecule has 0 unspecified atom stereocenters. The monoisotopic (exact) mass is 817 g/mol. The molecule has 14 N–H and O–H groups in total. The number of likely N-dealkylation sites (tertiary alicyclic amines) is 1. The van der Waals surface area contributed by atoms with Crippen LogP contribution in [0.15, 0.2) is 53.5 Å². The van der Waals surface area contributed by atoms with Gasteiger partial charge in [-0.1, -0.05) is 36.4 Å². The molecule has 5 amide bonds. The summed E-state index contributed by atoms with van der Waals surface area (Å²) in [6.07, 6.45) is 2.74. The molecule has 2 aliphatic rings. The van der Waals surface area contributed by atoms with Crippen LogP contribution in [0.2, 0.25) is 0 Å². The van der Waals surface area contributed by atoms with Gasteiger partial charge in [-0.25, -0.2) is 4.79 Å². The first-order valence-corrected chi connectivity index (χ1v) is 19.9. The van der Waals surface area contributed by atoms with Crippen LogP contribution in [0.3, 0.4) is 0 Å². The van der Waals surface area contributed by atoms with Crippen LogP contribution in [0.1, 0.15) is 74.7 Å². The average Bonchev–Trinajstić information content (AvgIpc) is 3.86. The number of benzene rings is 2. The van der Waals surface area contributed by atoms with E-state index >= 15 is 0 Å². The number of phenols is 1. The van der Waals surface area contributed by atoms with Crippen LogP contribution in [0.4, 0.5) is 0 Å². The van der Waals surface area contributed by atoms with Gasteiger partial charge in [0.05, 0.1) is 18.6 Å². The van der Waals surface area contributed by atoms with E-state index in [1.807, 2.05) is 24.3 Å². The van der Waals surface area contributed by atoms with Crippen molar-refractivity contribution in [3.05, 3.63) is 65.4 Å². The van der Waals surface area contributed by atoms with E-state index in [-0.39, 0.29) is 37.6 Å². The van der Waals surface area contributed by atoms with Gasteiger partial charge in [0.25, 0.3) is 0 Å². The highest BCUT2D eigenvalue weighted by molar-refractivity contribution is 5.96. The molecule has 1 aromatic heterocycles. The number of hydrogen-bond donors (Lipinski definition) is 11. The Bertz CT molecular complexity index is 2030. The molecule has 0 bridgehead atoms. The van der Waals surface area contributed by atoms with Crippen molar-refractivity contribution < 1.29 is 39.0 Å². The molecule has 1 fully saturated rings. The number of carboxylic acids is 1. The fourth-order valence-corrected chi connectivity index (χ4v) is 7.60. The first-order chi connectivity index (χ1) is 28.3. The molecule has 19 heteroatoms. The number of guanidine groups is 1. The largest absolute Gasteiger partial charge is 0.508 e. The summed E-state index contributed by atoms with van der Waals surface area (Å²) in [6, 6.07) is 8.89. The maximum absolute atomic E-state index is 14.0. The standard InChI is InChI=1S/C40H55N11O8/c1-22(35(54)50-28(39(58)59)13-6-7-17-41)46-37(56)30-15-9-19-51(30)38(57)27(14-8-18-44-40(42)43)47-32(53)21-45-36(55)29-20-25-23-10-2-4-12-26(23)48-34(25)33(49-29)24-11-3-5-16-31(24)52/h2-5,10-12,16,22,27-30,33,48-49,52H,6-9,13-15,17-21,41H2,1H3,(H,45,55)(H,46,56)(H,47,53)(H,50,54)(H,58,59)(H4,42,43,44)/t22-,27-,28-,29-,30-,33+/m0/s1. The molecular formula is C40H55N11O8. The summed E-state index contributed by atoms with van der Waals surface area (Å²) in [6.45, 7) is 1.72. The lowest BCUT2D eigenvalue weighted by molar-refractivity contribution is -0.143. The van der Waals surface area contributed by atoms with Crippen LogP contribution < -0.4 is 43.8 Å². The van der Waals surface area contributed by atoms with E-state index < -0.39 is 78.3 Å². The van der Waals surface area contributed by atoms with Crippen LogP contribution in [0, 0.1) is 0 Å². The van der Waals surface area contributed by atoms with Crippen molar-refractivity contribution in [1.82, 2.24) is 36.5 Å². The van der Waals surface area contributed by atoms with Crippen molar-refractivity contribution in [2.75, 3.05) is 26.2 Å². The summed E-state index contributed by atoms with van der Waals surface area (Å²) in [4.78, 5) is 87.9. The molecule has 0 aliphatic carbocycles. The Balaban J connectivity index is 1.23. The zero-order valence-electron chi connectivity index (χ0n) is 33.0. The Morgan fingerprint density at radius 3 is 2.39 bits per heavy atom. The molecule has 0 spiro atoms. The van der Waals surface area contributed by atoms with Crippen molar-refractivity contribution in [1.29, 1.82) is 0 Å². The van der Waals surface area contributed by atoms with Gasteiger partial charge in [0, 0.05) is 35.2 Å². The number of nitrogens with one attached hydrogen (secondary N) is 6. The van der Waals surface area contributed by atoms with Crippen molar-refractivity contribution in [3.8, 4) is 5.75 Å². The molecule has 2 aliphatic heterocycles. The molecule has 3 heterocycles. The van der Waals surface area contributed by atoms with E-state index in [2.05, 4.69) is 36.6 Å². The zero-order chi connectivity index (χ0) is 42.6. The number of phenolic OH excluding ortho intramolecular Hbond substituents is 1. The number of H-pyrrole nitrogens is 1. The Hall–Kier alpha value is -6.21. The number of aromatic amines is 1. The second kappa shape index (κ2) is 20.5. The lowest BCUT2D eigenvalue weighted by Gasteiger charge is -2.31. The molecule has 318 valence electrons. The number of para-hydroxylation sites is 2. The number of aromatic nitrogens is 1. The van der Waals surface area contributed by atoms with Gasteiger partial charge in [-0.05, 0) is 82.5 Å². The number of aliphatic imine (C=N–C) groups is 1. The maximum Gasteiger partial charge on any atom is 0.326 e. The minimum atomic E-state index is -1.21. The van der Waals surface area contributed by atoms with Crippen LogP contribution >= 0.6 is 0 Å². The Morgan fingerprint density at radius 1 is 0.932 bits per heavy atom. The number of hydrogen-bond acceptors (Lipinski definition) is 10. The van der Waals surface area contributed by atoms with Crippen LogP contribution in [0.5, 0.6) is 5.75 Å². The lowest BCUT2D eigenvalue weighted by Crippen LogP contribution is -2.57. The van der Waals surface area contributed by atoms with Gasteiger partial charge >= 0.3 is 5.97 Å². The third kappa shape index (κ3) is 11.3. The van der Waals surface area contributed by atoms with Gasteiger partial charge in [-0.2, -0.15) is 0 Å². The predicted molar refractivity (Wildman–Crippen MR) is 219 cm³/mol. The molecule has 59 heavy (non-hydrogen) atoms. The van der Waals surface area contributed by atoms with Gasteiger partial charge in [-0.3, -0.25) is 34.3 Å². The predicted octanol–water partition coefficient (Wildman–Crippen LogP) is -0.674. The summed E-state index contributed by atoms with van der Waals surface area (Å²) in [5.74, 6) is -4.24. The molecule has 0 radical (unpaired) electrons. The summed E-state index contributed by atoms with van der Waals surface area (Å²) < 4.78 is 0. The topological polar surface area (TPSA) is 312 Å². The first kappa shape index (κ1) is 43.9. The van der Waals surface area contributed by atoms with Gasteiger partial charge in [0.2, 0.25) is 29.5 Å². The van der Waals surface area contributed by atoms with Gasteiger partial charge in [0.15, 0.2) is 5.96 Å². The number of aromatic hydroxyl groups is 1. The molecular weight excluding hydrogens is 763 g/mol. The fraction of sp³-hybridized carbons (Fsp3) is 0.475. The number of amides is 5. The van der Waals surface area contributed by atoms with Crippen LogP contribution in [0.25, 0.3) is 10.9 Å². The number of nitrogens with two attached hydrogens (primary N) is 3. The summed E-state index contributed by atoms with van der Waals surface area (Å²) in [7, 11) is 0. The Kier molecular flexibility index (Phi) is 15.2. The van der Waals surface area contributed by atoms with E-state index in [0.717, 1.165) is 22.2 Å². The minimum absolute atomic E-state index is 0.0573. The van der Waals surface area contributed by atoms with E-state index in [4.69, 9.17) is 17.2 Å². The average molecular weight is 818 g/mol. The van der Waals surface area contributed by atoms with Crippen LogP contribution in [-0.2, 0) is 35.2 Å². The second-order valence-corrected chi connectivity index (χ2v) is 14.9. The molecule has 5 rings (SSSR count). The molecule has 0 saturated carbocycles. The smallest absolute Gasteiger partial charge is 0.326 e. The van der Waals surface area contributed by atoms with E-state index in [0.29, 0.717) is 50.6 Å². The molecule has 3 aromatic rings. The van der Waals surface area contributed by atoms with Gasteiger partial charge in [-0.15, -0.1) is 0 Å². The van der Waals surface area contributed by atoms with Crippen LogP contribution in [-0.4, -0.2) is 118 Å². The number of unbranched alkanes of at least 4 members (excludes halogenated alkanes) is 1. The molecule has 1 saturated heterocycles. The van der Waals surface area contributed by atoms with E-state index in [1.54, 1.807) is 24.3 Å². The number of carboxylic acid groups (broad SMARTS) is 1. The zero-order valence-corrected chi connectivity index (χ0v) is 33.0. The number of rotatable bonds is 19. The third-order valence-electron chi connectivity index (χ3n) is 10.6. The summed E-state index contributed by atoms with van der Waals surface area (Å²) in [5.41, 5.74) is 19.6. The van der Waals surface area contributed by atoms with Crippen molar-refractivity contribution >= 4 is 52.4 Å². The summed E-state index contributed by atoms with van der Waals surface area (Å²) >= 11 is 0. The third-order valence-corrected chi connectivity index (χ3v) is 10.6. The highest BCUT2D eigenvalue weighted by Gasteiger charge is 2.39. The Morgan fingerprint density at radius 2 is 1.66 bits per heavy atom. The summed E-state index contributed by atoms with van der Waals surface area (Å²) in [5, 5.41) is 35.0. The number of carbonyl (C=O) groups excluding carboxylic acids is 5. The van der Waals surface area contributed by atoms with Crippen molar-refractivity contribution in [2.24, 2.45) is 22.2 Å². The van der Waals surface area contributed by atoms with E-state index in [1.165, 1.54) is 11.8 Å². The number of carbonyl (C=O) groups is 6. The maximum atomic E-state index is 14.0. The highest BCUT2D eigenvalue weighted by atomic mass is 16.4. The van der Waals surface area contributed by atoms with Crippen molar-refractivity contribution in [2.45, 2.75) is 94.5 Å². The normalized spacial score (nSPS) is 18.8.